The molecule has 0 bridgehead atoms. The van der Waals surface area contributed by atoms with E-state index in [2.05, 4.69) is 49.6 Å². The predicted molar refractivity (Wildman–Crippen MR) is 125 cm³/mol. The molecule has 1 aromatic heterocycles. The van der Waals surface area contributed by atoms with Crippen LogP contribution in [0.3, 0.4) is 0 Å². The summed E-state index contributed by atoms with van der Waals surface area (Å²) in [6.07, 6.45) is 3.20. The molecule has 0 aliphatic carbocycles. The smallest absolute Gasteiger partial charge is 0.194 e. The van der Waals surface area contributed by atoms with Crippen molar-refractivity contribution in [2.75, 3.05) is 27.2 Å². The third-order valence-corrected chi connectivity index (χ3v) is 5.19. The lowest BCUT2D eigenvalue weighted by Gasteiger charge is -2.29. The summed E-state index contributed by atoms with van der Waals surface area (Å²) in [4.78, 5) is 13.1. The molecule has 2 heterocycles. The van der Waals surface area contributed by atoms with Gasteiger partial charge in [-0.15, -0.1) is 24.0 Å². The number of halogens is 1. The molecule has 1 aliphatic heterocycles. The molecule has 3 rings (SSSR count). The summed E-state index contributed by atoms with van der Waals surface area (Å²) < 4.78 is 1.77. The Morgan fingerprint density at radius 3 is 2.48 bits per heavy atom. The molecule has 0 saturated carbocycles. The van der Waals surface area contributed by atoms with Crippen molar-refractivity contribution in [3.05, 3.63) is 47.5 Å². The van der Waals surface area contributed by atoms with Gasteiger partial charge in [0.1, 0.15) is 12.2 Å². The molecule has 0 unspecified atom stereocenters. The Bertz CT molecular complexity index is 769. The van der Waals surface area contributed by atoms with E-state index in [-0.39, 0.29) is 30.1 Å². The molecular weight excluding hydrogens is 481 g/mol. The van der Waals surface area contributed by atoms with Crippen LogP contribution in [0.25, 0.3) is 0 Å². The lowest BCUT2D eigenvalue weighted by molar-refractivity contribution is 0.0792. The largest absolute Gasteiger partial charge is 0.393 e. The first kappa shape index (κ1) is 23.6. The maximum absolute atomic E-state index is 9.62. The number of aliphatic imine (C=N–C) groups is 1. The number of hydrogen-bond acceptors (Lipinski definition) is 5. The number of benzene rings is 1. The van der Waals surface area contributed by atoms with Gasteiger partial charge in [0.05, 0.1) is 12.6 Å². The van der Waals surface area contributed by atoms with Gasteiger partial charge in [0, 0.05) is 47.3 Å². The van der Waals surface area contributed by atoms with Crippen LogP contribution in [0.2, 0.25) is 0 Å². The van der Waals surface area contributed by atoms with E-state index < -0.39 is 0 Å². The number of aromatic nitrogens is 3. The summed E-state index contributed by atoms with van der Waals surface area (Å²) in [5.74, 6) is 1.71. The van der Waals surface area contributed by atoms with Crippen LogP contribution in [0.1, 0.15) is 29.8 Å². The normalized spacial score (nSPS) is 15.8. The maximum atomic E-state index is 9.62. The molecule has 9 heteroatoms. The van der Waals surface area contributed by atoms with Gasteiger partial charge in [-0.25, -0.2) is 4.98 Å². The second-order valence-electron chi connectivity index (χ2n) is 7.38. The Balaban J connectivity index is 0.00000300. The van der Waals surface area contributed by atoms with Crippen molar-refractivity contribution in [1.82, 2.24) is 29.9 Å². The standard InChI is InChI=1S/C20H31N7O.HI/c1-21-20(25(2)14-19-23-15-24-26(19)3)22-12-16-4-6-17(7-5-16)13-27-10-8-18(28)9-11-27;/h4-7,15,18,28H,8-14H2,1-3H3,(H,21,22);1H. The summed E-state index contributed by atoms with van der Waals surface area (Å²) in [6, 6.07) is 8.70. The first-order chi connectivity index (χ1) is 13.5. The summed E-state index contributed by atoms with van der Waals surface area (Å²) >= 11 is 0. The Labute approximate surface area is 190 Å². The molecule has 160 valence electrons. The first-order valence-electron chi connectivity index (χ1n) is 9.78. The number of aryl methyl sites for hydroxylation is 1. The third-order valence-electron chi connectivity index (χ3n) is 5.19. The molecule has 0 radical (unpaired) electrons. The van der Waals surface area contributed by atoms with Gasteiger partial charge in [-0.1, -0.05) is 24.3 Å². The molecule has 0 spiro atoms. The minimum absolute atomic E-state index is 0. The van der Waals surface area contributed by atoms with E-state index in [4.69, 9.17) is 0 Å². The highest BCUT2D eigenvalue weighted by Gasteiger charge is 2.16. The van der Waals surface area contributed by atoms with E-state index >= 15 is 0 Å². The fourth-order valence-electron chi connectivity index (χ4n) is 3.41. The zero-order valence-electron chi connectivity index (χ0n) is 17.5. The lowest BCUT2D eigenvalue weighted by atomic mass is 10.1. The highest BCUT2D eigenvalue weighted by molar-refractivity contribution is 14.0. The summed E-state index contributed by atoms with van der Waals surface area (Å²) in [5, 5.41) is 17.1. The maximum Gasteiger partial charge on any atom is 0.194 e. The van der Waals surface area contributed by atoms with Crippen molar-refractivity contribution >= 4 is 29.9 Å². The number of piperidine rings is 1. The SMILES string of the molecule is CN=C(NCc1ccc(CN2CCC(O)CC2)cc1)N(C)Cc1ncnn1C.I. The second kappa shape index (κ2) is 11.5. The van der Waals surface area contributed by atoms with E-state index in [1.807, 2.05) is 19.0 Å². The lowest BCUT2D eigenvalue weighted by Crippen LogP contribution is -2.38. The molecule has 2 N–H and O–H groups in total. The second-order valence-corrected chi connectivity index (χ2v) is 7.38. The van der Waals surface area contributed by atoms with E-state index in [1.54, 1.807) is 18.1 Å². The summed E-state index contributed by atoms with van der Waals surface area (Å²) in [6.45, 7) is 4.24. The van der Waals surface area contributed by atoms with Gasteiger partial charge < -0.3 is 15.3 Å². The first-order valence-corrected chi connectivity index (χ1v) is 9.78. The topological polar surface area (TPSA) is 81.8 Å². The number of hydrogen-bond donors (Lipinski definition) is 2. The number of likely N-dealkylation sites (tertiary alicyclic amines) is 1. The van der Waals surface area contributed by atoms with E-state index in [0.29, 0.717) is 13.1 Å². The van der Waals surface area contributed by atoms with E-state index in [0.717, 1.165) is 44.3 Å². The summed E-state index contributed by atoms with van der Waals surface area (Å²) in [5.41, 5.74) is 2.52. The number of guanidine groups is 1. The van der Waals surface area contributed by atoms with Crippen LogP contribution in [-0.4, -0.2) is 68.9 Å². The third kappa shape index (κ3) is 6.93. The number of nitrogens with one attached hydrogen (secondary N) is 1. The van der Waals surface area contributed by atoms with Crippen molar-refractivity contribution in [2.45, 2.75) is 38.6 Å². The molecule has 1 saturated heterocycles. The Morgan fingerprint density at radius 1 is 1.24 bits per heavy atom. The van der Waals surface area contributed by atoms with Gasteiger partial charge in [0.2, 0.25) is 0 Å². The molecule has 1 aliphatic rings. The fourth-order valence-corrected chi connectivity index (χ4v) is 3.41. The van der Waals surface area contributed by atoms with Crippen LogP contribution in [0, 0.1) is 0 Å². The van der Waals surface area contributed by atoms with Gasteiger partial charge in [0.15, 0.2) is 5.96 Å². The zero-order valence-corrected chi connectivity index (χ0v) is 19.8. The van der Waals surface area contributed by atoms with Crippen molar-refractivity contribution in [1.29, 1.82) is 0 Å². The number of rotatable bonds is 6. The van der Waals surface area contributed by atoms with Gasteiger partial charge >= 0.3 is 0 Å². The van der Waals surface area contributed by atoms with Crippen molar-refractivity contribution in [2.24, 2.45) is 12.0 Å². The predicted octanol–water partition coefficient (Wildman–Crippen LogP) is 1.60. The molecule has 8 nitrogen and oxygen atoms in total. The number of aliphatic hydroxyl groups excluding tert-OH is 1. The molecule has 1 fully saturated rings. The van der Waals surface area contributed by atoms with Crippen LogP contribution in [0.5, 0.6) is 0 Å². The fraction of sp³-hybridized carbons (Fsp3) is 0.550. The molecule has 0 amide bonds. The molecule has 2 aromatic rings. The van der Waals surface area contributed by atoms with Gasteiger partial charge in [0.25, 0.3) is 0 Å². The van der Waals surface area contributed by atoms with Crippen LogP contribution < -0.4 is 5.32 Å². The molecule has 0 atom stereocenters. The highest BCUT2D eigenvalue weighted by atomic mass is 127. The summed E-state index contributed by atoms with van der Waals surface area (Å²) in [7, 11) is 5.66. The Kier molecular flexibility index (Phi) is 9.31. The average Bonchev–Trinajstić information content (AvgIpc) is 3.10. The quantitative estimate of drug-likeness (QED) is 0.347. The van der Waals surface area contributed by atoms with Crippen LogP contribution >= 0.6 is 24.0 Å². The van der Waals surface area contributed by atoms with Gasteiger partial charge in [-0.2, -0.15) is 5.10 Å². The zero-order chi connectivity index (χ0) is 19.9. The van der Waals surface area contributed by atoms with Crippen LogP contribution in [0.4, 0.5) is 0 Å². The van der Waals surface area contributed by atoms with E-state index in [9.17, 15) is 5.11 Å². The molecule has 1 aromatic carbocycles. The van der Waals surface area contributed by atoms with Crippen molar-refractivity contribution < 1.29 is 5.11 Å². The minimum atomic E-state index is -0.120. The average molecular weight is 513 g/mol. The van der Waals surface area contributed by atoms with Crippen molar-refractivity contribution in [3.63, 3.8) is 0 Å². The van der Waals surface area contributed by atoms with Gasteiger partial charge in [-0.3, -0.25) is 14.6 Å². The van der Waals surface area contributed by atoms with Crippen LogP contribution in [-0.2, 0) is 26.7 Å². The van der Waals surface area contributed by atoms with Crippen LogP contribution in [0.15, 0.2) is 35.6 Å². The molecular formula is C20H32IN7O. The Hall–Kier alpha value is -1.72. The monoisotopic (exact) mass is 513 g/mol. The van der Waals surface area contributed by atoms with Gasteiger partial charge in [-0.05, 0) is 24.0 Å². The number of aliphatic hydroxyl groups is 1. The molecule has 29 heavy (non-hydrogen) atoms. The number of nitrogens with zero attached hydrogens (tertiary/aromatic N) is 6. The van der Waals surface area contributed by atoms with Crippen molar-refractivity contribution in [3.8, 4) is 0 Å². The minimum Gasteiger partial charge on any atom is -0.393 e. The van der Waals surface area contributed by atoms with E-state index in [1.165, 1.54) is 11.1 Å². The Morgan fingerprint density at radius 2 is 1.90 bits per heavy atom. The highest BCUT2D eigenvalue weighted by Crippen LogP contribution is 2.14.